The summed E-state index contributed by atoms with van der Waals surface area (Å²) < 4.78 is 20.0. The molecule has 0 unspecified atom stereocenters. The largest absolute Gasteiger partial charge is 1.00 e. The van der Waals surface area contributed by atoms with Gasteiger partial charge in [0, 0.05) is 17.3 Å². The molecule has 0 spiro atoms. The number of carbonyl (C=O) groups excluding carboxylic acids is 1. The summed E-state index contributed by atoms with van der Waals surface area (Å²) >= 11 is 0. The molecular formula is C15H11FN3NaO3. The second kappa shape index (κ2) is 6.66. The van der Waals surface area contributed by atoms with Gasteiger partial charge in [-0.25, -0.2) is 14.4 Å². The van der Waals surface area contributed by atoms with Gasteiger partial charge < -0.3 is 14.6 Å². The van der Waals surface area contributed by atoms with Gasteiger partial charge in [0.15, 0.2) is 17.4 Å². The fourth-order valence-electron chi connectivity index (χ4n) is 2.22. The number of nitrogens with zero attached hydrogens (tertiary/aromatic N) is 3. The Balaban J connectivity index is 0.00000192. The molecule has 0 N–H and O–H groups in total. The van der Waals surface area contributed by atoms with E-state index in [-0.39, 0.29) is 52.3 Å². The molecule has 0 atom stereocenters. The topological polar surface area (TPSA) is 79.5 Å². The number of carboxylic acids is 1. The van der Waals surface area contributed by atoms with Gasteiger partial charge in [0.05, 0.1) is 13.1 Å². The minimum absolute atomic E-state index is 0. The van der Waals surface area contributed by atoms with Crippen molar-refractivity contribution >= 4 is 11.6 Å². The molecule has 0 saturated carbocycles. The maximum Gasteiger partial charge on any atom is 1.00 e. The van der Waals surface area contributed by atoms with E-state index in [0.717, 1.165) is 0 Å². The number of aryl methyl sites for hydroxylation is 1. The maximum absolute atomic E-state index is 13.5. The predicted octanol–water partition coefficient (Wildman–Crippen LogP) is -1.78. The molecule has 8 heteroatoms. The molecule has 0 bridgehead atoms. The third-order valence-corrected chi connectivity index (χ3v) is 3.32. The van der Waals surface area contributed by atoms with Gasteiger partial charge in [0.2, 0.25) is 0 Å². The summed E-state index contributed by atoms with van der Waals surface area (Å²) in [5, 5.41) is 11.1. The van der Waals surface area contributed by atoms with E-state index in [2.05, 4.69) is 9.97 Å². The zero-order valence-electron chi connectivity index (χ0n) is 12.8. The molecule has 2 heterocycles. The van der Waals surface area contributed by atoms with Crippen LogP contribution in [0.25, 0.3) is 17.0 Å². The summed E-state index contributed by atoms with van der Waals surface area (Å²) in [4.78, 5) is 19.7. The van der Waals surface area contributed by atoms with Gasteiger partial charge in [0.1, 0.15) is 11.5 Å². The van der Waals surface area contributed by atoms with Crippen LogP contribution in [0.15, 0.2) is 30.5 Å². The number of rotatable bonds is 3. The average molecular weight is 323 g/mol. The van der Waals surface area contributed by atoms with Crippen molar-refractivity contribution in [2.75, 3.05) is 7.11 Å². The molecule has 0 amide bonds. The number of fused-ring (bicyclic) bond motifs is 1. The van der Waals surface area contributed by atoms with Crippen LogP contribution in [0.4, 0.5) is 4.39 Å². The molecule has 1 aromatic carbocycles. The number of carboxylic acid groups (broad SMARTS) is 1. The second-order valence-corrected chi connectivity index (χ2v) is 4.65. The number of ether oxygens (including phenoxy) is 1. The first-order valence-corrected chi connectivity index (χ1v) is 6.42. The van der Waals surface area contributed by atoms with Crippen molar-refractivity contribution in [3.05, 3.63) is 47.7 Å². The Kier molecular flexibility index (Phi) is 5.03. The number of methoxy groups -OCH3 is 1. The SMILES string of the molecule is COc1cc(-c2nc(C)n3ccc(C(=O)[O-])c3n2)ccc1F.[Na+]. The van der Waals surface area contributed by atoms with E-state index in [9.17, 15) is 14.3 Å². The molecule has 0 fully saturated rings. The van der Waals surface area contributed by atoms with Crippen molar-refractivity contribution in [2.45, 2.75) is 6.92 Å². The van der Waals surface area contributed by atoms with Crippen LogP contribution in [0.1, 0.15) is 16.2 Å². The van der Waals surface area contributed by atoms with Crippen LogP contribution in [0.3, 0.4) is 0 Å². The van der Waals surface area contributed by atoms with Crippen molar-refractivity contribution in [3.8, 4) is 17.1 Å². The Labute approximate surface area is 153 Å². The van der Waals surface area contributed by atoms with Gasteiger partial charge in [0.25, 0.3) is 0 Å². The Morgan fingerprint density at radius 1 is 1.30 bits per heavy atom. The van der Waals surface area contributed by atoms with Gasteiger partial charge in [-0.15, -0.1) is 0 Å². The molecule has 3 aromatic rings. The summed E-state index contributed by atoms with van der Waals surface area (Å²) in [6.07, 6.45) is 1.56. The van der Waals surface area contributed by atoms with Crippen molar-refractivity contribution < 1.29 is 48.6 Å². The van der Waals surface area contributed by atoms with Crippen molar-refractivity contribution in [1.82, 2.24) is 14.4 Å². The molecule has 0 saturated heterocycles. The van der Waals surface area contributed by atoms with Gasteiger partial charge >= 0.3 is 29.6 Å². The molecule has 0 aliphatic heterocycles. The number of benzene rings is 1. The standard InChI is InChI=1S/C15H12FN3O3.Na/c1-8-17-13(9-3-4-11(16)12(7-9)22-2)18-14-10(15(20)21)5-6-19(8)14;/h3-7H,1-2H3,(H,20,21);/q;+1/p-1. The van der Waals surface area contributed by atoms with Crippen LogP contribution in [0.5, 0.6) is 5.75 Å². The monoisotopic (exact) mass is 323 g/mol. The Morgan fingerprint density at radius 3 is 2.70 bits per heavy atom. The molecule has 2 aromatic heterocycles. The molecule has 3 rings (SSSR count). The molecule has 112 valence electrons. The Bertz CT molecular complexity index is 895. The summed E-state index contributed by atoms with van der Waals surface area (Å²) in [6.45, 7) is 1.72. The molecular weight excluding hydrogens is 312 g/mol. The Hall–Kier alpha value is -1.96. The van der Waals surface area contributed by atoms with E-state index in [0.29, 0.717) is 11.4 Å². The van der Waals surface area contributed by atoms with E-state index in [4.69, 9.17) is 4.74 Å². The summed E-state index contributed by atoms with van der Waals surface area (Å²) in [5.41, 5.74) is 0.723. The Morgan fingerprint density at radius 2 is 2.04 bits per heavy atom. The van der Waals surface area contributed by atoms with Crippen LogP contribution >= 0.6 is 0 Å². The fourth-order valence-corrected chi connectivity index (χ4v) is 2.22. The van der Waals surface area contributed by atoms with Crippen LogP contribution in [0.2, 0.25) is 0 Å². The van der Waals surface area contributed by atoms with Gasteiger partial charge in [-0.05, 0) is 31.2 Å². The zero-order valence-corrected chi connectivity index (χ0v) is 14.8. The predicted molar refractivity (Wildman–Crippen MR) is 74.0 cm³/mol. The first-order valence-electron chi connectivity index (χ1n) is 6.42. The second-order valence-electron chi connectivity index (χ2n) is 4.65. The summed E-state index contributed by atoms with van der Waals surface area (Å²) in [5.74, 6) is -0.917. The van der Waals surface area contributed by atoms with Crippen molar-refractivity contribution in [2.24, 2.45) is 0 Å². The van der Waals surface area contributed by atoms with E-state index in [1.165, 1.54) is 31.4 Å². The number of hydrogen-bond acceptors (Lipinski definition) is 5. The van der Waals surface area contributed by atoms with Gasteiger partial charge in [-0.1, -0.05) is 0 Å². The smallest absolute Gasteiger partial charge is 0.545 e. The number of hydrogen-bond donors (Lipinski definition) is 0. The number of carbonyl (C=O) groups is 1. The molecule has 0 aliphatic carbocycles. The van der Waals surface area contributed by atoms with E-state index in [1.54, 1.807) is 17.5 Å². The third kappa shape index (κ3) is 3.08. The van der Waals surface area contributed by atoms with E-state index >= 15 is 0 Å². The summed E-state index contributed by atoms with van der Waals surface area (Å²) in [6, 6.07) is 5.61. The van der Waals surface area contributed by atoms with Gasteiger partial charge in [-0.2, -0.15) is 0 Å². The van der Waals surface area contributed by atoms with Crippen LogP contribution in [0, 0.1) is 12.7 Å². The average Bonchev–Trinajstić information content (AvgIpc) is 2.92. The van der Waals surface area contributed by atoms with Gasteiger partial charge in [-0.3, -0.25) is 4.40 Å². The van der Waals surface area contributed by atoms with Crippen LogP contribution in [-0.4, -0.2) is 27.4 Å². The minimum Gasteiger partial charge on any atom is -0.545 e. The van der Waals surface area contributed by atoms with Crippen molar-refractivity contribution in [1.29, 1.82) is 0 Å². The molecule has 0 aliphatic rings. The van der Waals surface area contributed by atoms with E-state index in [1.807, 2.05) is 0 Å². The normalized spacial score (nSPS) is 10.4. The maximum atomic E-state index is 13.5. The fraction of sp³-hybridized carbons (Fsp3) is 0.133. The minimum atomic E-state index is -1.32. The summed E-state index contributed by atoms with van der Waals surface area (Å²) in [7, 11) is 1.36. The number of aromatic carboxylic acids is 1. The molecule has 6 nitrogen and oxygen atoms in total. The third-order valence-electron chi connectivity index (χ3n) is 3.32. The van der Waals surface area contributed by atoms with Crippen molar-refractivity contribution in [3.63, 3.8) is 0 Å². The molecule has 0 radical (unpaired) electrons. The quantitative estimate of drug-likeness (QED) is 0.533. The first-order chi connectivity index (χ1) is 10.5. The van der Waals surface area contributed by atoms with Crippen LogP contribution < -0.4 is 39.4 Å². The number of halogens is 1. The first kappa shape index (κ1) is 17.4. The number of aromatic nitrogens is 3. The zero-order chi connectivity index (χ0) is 15.9. The van der Waals surface area contributed by atoms with Crippen LogP contribution in [-0.2, 0) is 0 Å². The van der Waals surface area contributed by atoms with E-state index < -0.39 is 11.8 Å². The molecule has 23 heavy (non-hydrogen) atoms.